The largest absolute Gasteiger partial charge is 0.340 e. The Bertz CT molecular complexity index is 985. The van der Waals surface area contributed by atoms with Crippen LogP contribution in [0.2, 0.25) is 0 Å². The van der Waals surface area contributed by atoms with Gasteiger partial charge in [0, 0.05) is 23.0 Å². The second-order valence-corrected chi connectivity index (χ2v) is 6.02. The van der Waals surface area contributed by atoms with Gasteiger partial charge in [0.15, 0.2) is 5.78 Å². The van der Waals surface area contributed by atoms with Crippen molar-refractivity contribution >= 4 is 28.9 Å². The molecule has 0 spiro atoms. The highest BCUT2D eigenvalue weighted by Crippen LogP contribution is 2.19. The van der Waals surface area contributed by atoms with E-state index in [1.807, 2.05) is 37.3 Å². The van der Waals surface area contributed by atoms with Crippen molar-refractivity contribution in [1.29, 1.82) is 0 Å². The summed E-state index contributed by atoms with van der Waals surface area (Å²) >= 11 is 0. The Kier molecular flexibility index (Phi) is 5.56. The molecule has 1 aromatic heterocycles. The lowest BCUT2D eigenvalue weighted by atomic mass is 10.1. The molecular weight excluding hydrogens is 340 g/mol. The number of nitrogens with zero attached hydrogens (tertiary/aromatic N) is 2. The maximum atomic E-state index is 12.6. The van der Waals surface area contributed by atoms with Gasteiger partial charge in [-0.15, -0.1) is 0 Å². The fourth-order valence-corrected chi connectivity index (χ4v) is 2.65. The minimum atomic E-state index is -0.307. The lowest BCUT2D eigenvalue weighted by Crippen LogP contribution is -2.15. The fourth-order valence-electron chi connectivity index (χ4n) is 2.65. The standard InChI is InChI=1S/C21H20N4O2/c1-3-15-7-4-5-10-18(15)25-21(27)19-12-20(23-13-22-19)24-17-9-6-8-16(11-17)14(2)26/h4-13H,3H2,1-2H3,(H,25,27)(H,22,23,24). The number of aryl methyl sites for hydroxylation is 1. The van der Waals surface area contributed by atoms with Gasteiger partial charge in [-0.2, -0.15) is 0 Å². The van der Waals surface area contributed by atoms with Gasteiger partial charge in [0.25, 0.3) is 5.91 Å². The van der Waals surface area contributed by atoms with Crippen molar-refractivity contribution in [1.82, 2.24) is 9.97 Å². The summed E-state index contributed by atoms with van der Waals surface area (Å²) in [4.78, 5) is 32.3. The molecule has 6 heteroatoms. The van der Waals surface area contributed by atoms with Gasteiger partial charge >= 0.3 is 0 Å². The predicted octanol–water partition coefficient (Wildman–Crippen LogP) is 4.24. The number of para-hydroxylation sites is 1. The first-order valence-corrected chi connectivity index (χ1v) is 8.66. The average Bonchev–Trinajstić information content (AvgIpc) is 2.69. The van der Waals surface area contributed by atoms with Crippen LogP contribution in [-0.2, 0) is 6.42 Å². The summed E-state index contributed by atoms with van der Waals surface area (Å²) in [6.07, 6.45) is 2.15. The molecule has 0 radical (unpaired) electrons. The van der Waals surface area contributed by atoms with E-state index < -0.39 is 0 Å². The van der Waals surface area contributed by atoms with Crippen LogP contribution in [0, 0.1) is 0 Å². The summed E-state index contributed by atoms with van der Waals surface area (Å²) in [6, 6.07) is 16.3. The van der Waals surface area contributed by atoms with E-state index in [9.17, 15) is 9.59 Å². The zero-order valence-electron chi connectivity index (χ0n) is 15.2. The minimum Gasteiger partial charge on any atom is -0.340 e. The Labute approximate surface area is 157 Å². The first-order valence-electron chi connectivity index (χ1n) is 8.66. The lowest BCUT2D eigenvalue weighted by molar-refractivity contribution is 0.101. The average molecular weight is 360 g/mol. The molecule has 1 heterocycles. The number of carbonyl (C=O) groups excluding carboxylic acids is 2. The molecule has 27 heavy (non-hydrogen) atoms. The number of amides is 1. The van der Waals surface area contributed by atoms with E-state index in [0.717, 1.165) is 17.7 Å². The van der Waals surface area contributed by atoms with E-state index in [1.165, 1.54) is 13.3 Å². The molecular formula is C21H20N4O2. The highest BCUT2D eigenvalue weighted by atomic mass is 16.2. The number of nitrogens with one attached hydrogen (secondary N) is 2. The molecule has 0 saturated carbocycles. The third-order valence-electron chi connectivity index (χ3n) is 4.09. The Hall–Kier alpha value is -3.54. The van der Waals surface area contributed by atoms with Gasteiger partial charge in [0.2, 0.25) is 0 Å². The molecule has 3 aromatic rings. The monoisotopic (exact) mass is 360 g/mol. The Morgan fingerprint density at radius 3 is 2.59 bits per heavy atom. The number of Topliss-reactive ketones (excluding diaryl/α,β-unsaturated/α-hetero) is 1. The molecule has 3 rings (SSSR count). The van der Waals surface area contributed by atoms with E-state index in [4.69, 9.17) is 0 Å². The second kappa shape index (κ2) is 8.23. The Balaban J connectivity index is 1.78. The van der Waals surface area contributed by atoms with E-state index in [0.29, 0.717) is 17.1 Å². The van der Waals surface area contributed by atoms with Gasteiger partial charge in [0.1, 0.15) is 17.8 Å². The van der Waals surface area contributed by atoms with Crippen LogP contribution in [0.1, 0.15) is 40.3 Å². The van der Waals surface area contributed by atoms with E-state index >= 15 is 0 Å². The molecule has 0 atom stereocenters. The zero-order valence-corrected chi connectivity index (χ0v) is 15.2. The van der Waals surface area contributed by atoms with Crippen molar-refractivity contribution in [2.45, 2.75) is 20.3 Å². The van der Waals surface area contributed by atoms with Crippen LogP contribution < -0.4 is 10.6 Å². The third kappa shape index (κ3) is 4.55. The van der Waals surface area contributed by atoms with Gasteiger partial charge in [-0.05, 0) is 37.1 Å². The van der Waals surface area contributed by atoms with Crippen molar-refractivity contribution in [3.8, 4) is 0 Å². The molecule has 0 aliphatic carbocycles. The summed E-state index contributed by atoms with van der Waals surface area (Å²) in [5.41, 5.74) is 3.39. The lowest BCUT2D eigenvalue weighted by Gasteiger charge is -2.10. The Morgan fingerprint density at radius 2 is 1.81 bits per heavy atom. The fraction of sp³-hybridized carbons (Fsp3) is 0.143. The van der Waals surface area contributed by atoms with Gasteiger partial charge < -0.3 is 10.6 Å². The maximum Gasteiger partial charge on any atom is 0.274 e. The summed E-state index contributed by atoms with van der Waals surface area (Å²) in [5.74, 6) is 0.148. The number of hydrogen-bond donors (Lipinski definition) is 2. The first kappa shape index (κ1) is 18.3. The van der Waals surface area contributed by atoms with Crippen LogP contribution in [0.25, 0.3) is 0 Å². The second-order valence-electron chi connectivity index (χ2n) is 6.02. The molecule has 2 aromatic carbocycles. The predicted molar refractivity (Wildman–Crippen MR) is 106 cm³/mol. The van der Waals surface area contributed by atoms with E-state index in [2.05, 4.69) is 20.6 Å². The van der Waals surface area contributed by atoms with Crippen LogP contribution in [0.4, 0.5) is 17.2 Å². The minimum absolute atomic E-state index is 0.0176. The topological polar surface area (TPSA) is 84.0 Å². The molecule has 6 nitrogen and oxygen atoms in total. The quantitative estimate of drug-likeness (QED) is 0.643. The van der Waals surface area contributed by atoms with Crippen molar-refractivity contribution in [3.05, 3.63) is 77.7 Å². The molecule has 0 aliphatic rings. The molecule has 0 fully saturated rings. The number of aromatic nitrogens is 2. The van der Waals surface area contributed by atoms with Crippen LogP contribution in [0.3, 0.4) is 0 Å². The summed E-state index contributed by atoms with van der Waals surface area (Å²) in [7, 11) is 0. The van der Waals surface area contributed by atoms with E-state index in [1.54, 1.807) is 24.3 Å². The number of anilines is 3. The maximum absolute atomic E-state index is 12.6. The number of ketones is 1. The third-order valence-corrected chi connectivity index (χ3v) is 4.09. The molecule has 0 unspecified atom stereocenters. The van der Waals surface area contributed by atoms with Crippen LogP contribution in [0.5, 0.6) is 0 Å². The van der Waals surface area contributed by atoms with Crippen LogP contribution in [0.15, 0.2) is 60.9 Å². The van der Waals surface area contributed by atoms with E-state index in [-0.39, 0.29) is 17.4 Å². The number of rotatable bonds is 6. The summed E-state index contributed by atoms with van der Waals surface area (Å²) in [5, 5.41) is 5.99. The molecule has 0 aliphatic heterocycles. The van der Waals surface area contributed by atoms with Crippen molar-refractivity contribution in [2.75, 3.05) is 10.6 Å². The SMILES string of the molecule is CCc1ccccc1NC(=O)c1cc(Nc2cccc(C(C)=O)c2)ncn1. The first-order chi connectivity index (χ1) is 13.1. The van der Waals surface area contributed by atoms with Gasteiger partial charge in [-0.3, -0.25) is 9.59 Å². The Morgan fingerprint density at radius 1 is 1.00 bits per heavy atom. The number of carbonyl (C=O) groups is 2. The molecule has 0 bridgehead atoms. The van der Waals surface area contributed by atoms with Gasteiger partial charge in [-0.25, -0.2) is 9.97 Å². The highest BCUT2D eigenvalue weighted by Gasteiger charge is 2.11. The van der Waals surface area contributed by atoms with Crippen LogP contribution >= 0.6 is 0 Å². The van der Waals surface area contributed by atoms with Crippen molar-refractivity contribution in [3.63, 3.8) is 0 Å². The number of hydrogen-bond acceptors (Lipinski definition) is 5. The highest BCUT2D eigenvalue weighted by molar-refractivity contribution is 6.03. The molecule has 136 valence electrons. The zero-order chi connectivity index (χ0) is 19.2. The number of benzene rings is 2. The smallest absolute Gasteiger partial charge is 0.274 e. The molecule has 0 saturated heterocycles. The molecule has 2 N–H and O–H groups in total. The molecule has 1 amide bonds. The van der Waals surface area contributed by atoms with Crippen molar-refractivity contribution in [2.24, 2.45) is 0 Å². The summed E-state index contributed by atoms with van der Waals surface area (Å²) < 4.78 is 0. The van der Waals surface area contributed by atoms with Crippen molar-refractivity contribution < 1.29 is 9.59 Å². The normalized spacial score (nSPS) is 10.3. The van der Waals surface area contributed by atoms with Crippen LogP contribution in [-0.4, -0.2) is 21.7 Å². The summed E-state index contributed by atoms with van der Waals surface area (Å²) in [6.45, 7) is 3.55. The van der Waals surface area contributed by atoms with Gasteiger partial charge in [-0.1, -0.05) is 37.3 Å². The van der Waals surface area contributed by atoms with Gasteiger partial charge in [0.05, 0.1) is 0 Å².